The summed E-state index contributed by atoms with van der Waals surface area (Å²) in [4.78, 5) is 0. The molecule has 0 spiro atoms. The topological polar surface area (TPSA) is 34.1 Å². The molecule has 0 saturated heterocycles. The molecule has 0 fully saturated rings. The van der Waals surface area contributed by atoms with E-state index in [0.29, 0.717) is 0 Å². The maximum absolute atomic E-state index is 11.7. The van der Waals surface area contributed by atoms with Crippen molar-refractivity contribution in [3.05, 3.63) is 0 Å². The second-order valence-corrected chi connectivity index (χ2v) is 8.32. The molecule has 0 radical (unpaired) electrons. The van der Waals surface area contributed by atoms with Crippen LogP contribution in [0.15, 0.2) is 0 Å². The fourth-order valence-corrected chi connectivity index (χ4v) is 2.37. The van der Waals surface area contributed by atoms with Crippen LogP contribution in [0.5, 0.6) is 0 Å². The highest BCUT2D eigenvalue weighted by molar-refractivity contribution is 7.92. The minimum atomic E-state index is -2.94. The van der Waals surface area contributed by atoms with E-state index in [2.05, 4.69) is 0 Å². The van der Waals surface area contributed by atoms with E-state index in [9.17, 15) is 8.42 Å². The highest BCUT2D eigenvalue weighted by Crippen LogP contribution is 2.18. The molecule has 2 nitrogen and oxygen atoms in total. The molecule has 0 bridgehead atoms. The van der Waals surface area contributed by atoms with Crippen LogP contribution in [0.3, 0.4) is 0 Å². The predicted molar refractivity (Wildman–Crippen MR) is 62.7 cm³/mol. The van der Waals surface area contributed by atoms with E-state index in [4.69, 9.17) is 11.6 Å². The number of hydrogen-bond donors (Lipinski definition) is 0. The van der Waals surface area contributed by atoms with Crippen LogP contribution in [-0.4, -0.2) is 24.3 Å². The fourth-order valence-electron chi connectivity index (χ4n) is 1.02. The highest BCUT2D eigenvalue weighted by Gasteiger charge is 2.27. The SMILES string of the molecule is CC(Cl)CCCCS(=O)(=O)C(C)(C)C. The molecule has 0 aromatic heterocycles. The van der Waals surface area contributed by atoms with Gasteiger partial charge in [0.25, 0.3) is 0 Å². The molecular formula is C10H21ClO2S. The highest BCUT2D eigenvalue weighted by atomic mass is 35.5. The Morgan fingerprint density at radius 3 is 2.07 bits per heavy atom. The summed E-state index contributed by atoms with van der Waals surface area (Å²) in [5, 5.41) is 0.146. The van der Waals surface area contributed by atoms with Crippen molar-refractivity contribution >= 4 is 21.4 Å². The van der Waals surface area contributed by atoms with Crippen LogP contribution < -0.4 is 0 Å². The zero-order valence-electron chi connectivity index (χ0n) is 9.51. The molecule has 0 aliphatic carbocycles. The average Bonchev–Trinajstić information content (AvgIpc) is 1.95. The third kappa shape index (κ3) is 5.20. The van der Waals surface area contributed by atoms with Crippen LogP contribution in [0.25, 0.3) is 0 Å². The molecule has 0 rings (SSSR count). The lowest BCUT2D eigenvalue weighted by Crippen LogP contribution is -2.30. The maximum Gasteiger partial charge on any atom is 0.155 e. The molecule has 0 saturated carbocycles. The van der Waals surface area contributed by atoms with Crippen molar-refractivity contribution in [2.24, 2.45) is 0 Å². The Balaban J connectivity index is 3.91. The normalized spacial score (nSPS) is 15.5. The van der Waals surface area contributed by atoms with Crippen LogP contribution in [0, 0.1) is 0 Å². The first-order valence-corrected chi connectivity index (χ1v) is 7.12. The van der Waals surface area contributed by atoms with Gasteiger partial charge in [-0.15, -0.1) is 11.6 Å². The number of unbranched alkanes of at least 4 members (excludes halogenated alkanes) is 1. The Morgan fingerprint density at radius 2 is 1.71 bits per heavy atom. The van der Waals surface area contributed by atoms with E-state index in [1.165, 1.54) is 0 Å². The minimum Gasteiger partial charge on any atom is -0.228 e. The van der Waals surface area contributed by atoms with E-state index in [-0.39, 0.29) is 11.1 Å². The lowest BCUT2D eigenvalue weighted by Gasteiger charge is -2.18. The van der Waals surface area contributed by atoms with Crippen molar-refractivity contribution in [2.75, 3.05) is 5.75 Å². The summed E-state index contributed by atoms with van der Waals surface area (Å²) in [5.41, 5.74) is 0. The lowest BCUT2D eigenvalue weighted by molar-refractivity contribution is 0.554. The average molecular weight is 241 g/mol. The second-order valence-electron chi connectivity index (χ2n) is 4.71. The summed E-state index contributed by atoms with van der Waals surface area (Å²) < 4.78 is 22.7. The Morgan fingerprint density at radius 1 is 1.21 bits per heavy atom. The monoisotopic (exact) mass is 240 g/mol. The second kappa shape index (κ2) is 5.36. The Bertz CT molecular complexity index is 250. The van der Waals surface area contributed by atoms with Gasteiger partial charge in [-0.1, -0.05) is 6.42 Å². The summed E-state index contributed by atoms with van der Waals surface area (Å²) in [7, 11) is -2.94. The summed E-state index contributed by atoms with van der Waals surface area (Å²) >= 11 is 5.77. The number of halogens is 1. The van der Waals surface area contributed by atoms with Crippen LogP contribution in [0.2, 0.25) is 0 Å². The van der Waals surface area contributed by atoms with Crippen LogP contribution in [-0.2, 0) is 9.84 Å². The van der Waals surface area contributed by atoms with Gasteiger partial charge in [-0.2, -0.15) is 0 Å². The van der Waals surface area contributed by atoms with Gasteiger partial charge in [-0.05, 0) is 40.5 Å². The van der Waals surface area contributed by atoms with E-state index in [1.54, 1.807) is 20.8 Å². The van der Waals surface area contributed by atoms with Gasteiger partial charge in [0.15, 0.2) is 9.84 Å². The van der Waals surface area contributed by atoms with E-state index in [0.717, 1.165) is 19.3 Å². The van der Waals surface area contributed by atoms with Crippen molar-refractivity contribution in [1.82, 2.24) is 0 Å². The summed E-state index contributed by atoms with van der Waals surface area (Å²) in [6.07, 6.45) is 2.50. The van der Waals surface area contributed by atoms with Crippen molar-refractivity contribution in [1.29, 1.82) is 0 Å². The number of sulfone groups is 1. The van der Waals surface area contributed by atoms with Gasteiger partial charge in [0, 0.05) is 5.38 Å². The first kappa shape index (κ1) is 14.2. The van der Waals surface area contributed by atoms with Gasteiger partial charge in [0.05, 0.1) is 10.5 Å². The van der Waals surface area contributed by atoms with Crippen LogP contribution in [0.4, 0.5) is 0 Å². The molecule has 0 amide bonds. The summed E-state index contributed by atoms with van der Waals surface area (Å²) in [6.45, 7) is 7.16. The summed E-state index contributed by atoms with van der Waals surface area (Å²) in [5.74, 6) is 0.278. The Labute approximate surface area is 93.0 Å². The third-order valence-corrected chi connectivity index (χ3v) is 5.11. The Hall–Kier alpha value is 0.240. The van der Waals surface area contributed by atoms with E-state index < -0.39 is 14.6 Å². The molecule has 0 aromatic carbocycles. The molecule has 1 atom stereocenters. The smallest absolute Gasteiger partial charge is 0.155 e. The lowest BCUT2D eigenvalue weighted by atomic mass is 10.2. The molecule has 4 heteroatoms. The van der Waals surface area contributed by atoms with Gasteiger partial charge in [-0.3, -0.25) is 0 Å². The number of hydrogen-bond acceptors (Lipinski definition) is 2. The van der Waals surface area contributed by atoms with E-state index >= 15 is 0 Å². The molecule has 1 unspecified atom stereocenters. The van der Waals surface area contributed by atoms with Crippen molar-refractivity contribution in [3.63, 3.8) is 0 Å². The summed E-state index contributed by atoms with van der Waals surface area (Å²) in [6, 6.07) is 0. The van der Waals surface area contributed by atoms with Gasteiger partial charge in [0.2, 0.25) is 0 Å². The van der Waals surface area contributed by atoms with Gasteiger partial charge < -0.3 is 0 Å². The van der Waals surface area contributed by atoms with Crippen LogP contribution >= 0.6 is 11.6 Å². The minimum absolute atomic E-state index is 0.146. The largest absolute Gasteiger partial charge is 0.228 e. The first-order valence-electron chi connectivity index (χ1n) is 5.03. The van der Waals surface area contributed by atoms with Crippen LogP contribution in [0.1, 0.15) is 47.0 Å². The quantitative estimate of drug-likeness (QED) is 0.547. The molecular weight excluding hydrogens is 220 g/mol. The van der Waals surface area contributed by atoms with E-state index in [1.807, 2.05) is 6.92 Å². The molecule has 86 valence electrons. The fraction of sp³-hybridized carbons (Fsp3) is 1.00. The predicted octanol–water partition coefficient (Wildman–Crippen LogP) is 3.00. The molecule has 0 aliphatic rings. The molecule has 14 heavy (non-hydrogen) atoms. The Kier molecular flexibility index (Phi) is 5.45. The number of alkyl halides is 1. The zero-order chi connectivity index (χ0) is 11.4. The van der Waals surface area contributed by atoms with Gasteiger partial charge in [0.1, 0.15) is 0 Å². The van der Waals surface area contributed by atoms with Gasteiger partial charge >= 0.3 is 0 Å². The standard InChI is InChI=1S/C10H21ClO2S/c1-9(11)7-5-6-8-14(12,13)10(2,3)4/h9H,5-8H2,1-4H3. The first-order chi connectivity index (χ1) is 6.17. The molecule has 0 aliphatic heterocycles. The maximum atomic E-state index is 11.7. The van der Waals surface area contributed by atoms with Crippen molar-refractivity contribution < 1.29 is 8.42 Å². The van der Waals surface area contributed by atoms with Crippen molar-refractivity contribution in [3.8, 4) is 0 Å². The molecule has 0 heterocycles. The third-order valence-electron chi connectivity index (χ3n) is 2.20. The van der Waals surface area contributed by atoms with Crippen molar-refractivity contribution in [2.45, 2.75) is 57.1 Å². The van der Waals surface area contributed by atoms with Gasteiger partial charge in [-0.25, -0.2) is 8.42 Å². The molecule has 0 N–H and O–H groups in total. The zero-order valence-corrected chi connectivity index (χ0v) is 11.1. The number of rotatable bonds is 5. The molecule has 0 aromatic rings.